The highest BCUT2D eigenvalue weighted by Crippen LogP contribution is 2.13. The summed E-state index contributed by atoms with van der Waals surface area (Å²) in [5.74, 6) is 0.203. The van der Waals surface area contributed by atoms with Crippen LogP contribution in [-0.2, 0) is 22.8 Å². The molecular formula is C18H31N3O4Si. The van der Waals surface area contributed by atoms with Crippen LogP contribution in [0.5, 0.6) is 0 Å². The Bertz CT molecular complexity index is 618. The number of aromatic nitrogens is 2. The van der Waals surface area contributed by atoms with Gasteiger partial charge in [-0.25, -0.2) is 9.78 Å². The van der Waals surface area contributed by atoms with Gasteiger partial charge in [-0.15, -0.1) is 0 Å². The van der Waals surface area contributed by atoms with Gasteiger partial charge in [0.05, 0.1) is 5.69 Å². The summed E-state index contributed by atoms with van der Waals surface area (Å²) in [5.41, 5.74) is 0.564. The Morgan fingerprint density at radius 3 is 2.50 bits per heavy atom. The number of imidazole rings is 1. The molecule has 2 rings (SSSR count). The highest BCUT2D eigenvalue weighted by molar-refractivity contribution is 6.76. The van der Waals surface area contributed by atoms with Crippen LogP contribution in [0.15, 0.2) is 6.20 Å². The first-order chi connectivity index (χ1) is 12.3. The van der Waals surface area contributed by atoms with E-state index in [2.05, 4.69) is 24.6 Å². The van der Waals surface area contributed by atoms with Crippen LogP contribution < -0.4 is 0 Å². The lowest BCUT2D eigenvalue weighted by Gasteiger charge is -2.25. The SMILES string of the molecule is CC(=O)c1nc(COC(=O)N2CCCCC2)cn1COCC[Si](C)(C)C. The first kappa shape index (κ1) is 20.6. The van der Waals surface area contributed by atoms with Crippen molar-refractivity contribution in [2.45, 2.75) is 65.2 Å². The van der Waals surface area contributed by atoms with Crippen LogP contribution in [0.3, 0.4) is 0 Å². The molecule has 1 aliphatic heterocycles. The molecule has 0 spiro atoms. The number of hydrogen-bond donors (Lipinski definition) is 0. The zero-order valence-electron chi connectivity index (χ0n) is 16.4. The van der Waals surface area contributed by atoms with Gasteiger partial charge in [-0.2, -0.15) is 0 Å². The molecule has 1 saturated heterocycles. The molecule has 0 aromatic carbocycles. The minimum absolute atomic E-state index is 0.0670. The highest BCUT2D eigenvalue weighted by Gasteiger charge is 2.19. The molecule has 0 radical (unpaired) electrons. The minimum atomic E-state index is -1.15. The number of rotatable bonds is 8. The van der Waals surface area contributed by atoms with Crippen molar-refractivity contribution in [1.82, 2.24) is 14.5 Å². The Kier molecular flexibility index (Phi) is 7.40. The minimum Gasteiger partial charge on any atom is -0.443 e. The van der Waals surface area contributed by atoms with E-state index in [1.807, 2.05) is 0 Å². The van der Waals surface area contributed by atoms with E-state index < -0.39 is 8.07 Å². The Balaban J connectivity index is 1.88. The Hall–Kier alpha value is -1.67. The van der Waals surface area contributed by atoms with Gasteiger partial charge in [-0.1, -0.05) is 19.6 Å². The molecule has 0 unspecified atom stereocenters. The van der Waals surface area contributed by atoms with E-state index in [1.165, 1.54) is 6.92 Å². The van der Waals surface area contributed by atoms with Crippen LogP contribution >= 0.6 is 0 Å². The van der Waals surface area contributed by atoms with Crippen molar-refractivity contribution in [2.24, 2.45) is 0 Å². The Morgan fingerprint density at radius 1 is 1.19 bits per heavy atom. The van der Waals surface area contributed by atoms with Crippen molar-refractivity contribution in [1.29, 1.82) is 0 Å². The third-order valence-corrected chi connectivity index (χ3v) is 6.03. The van der Waals surface area contributed by atoms with Crippen LogP contribution in [0.1, 0.15) is 42.5 Å². The molecule has 2 heterocycles. The molecular weight excluding hydrogens is 350 g/mol. The number of likely N-dealkylation sites (tertiary alicyclic amines) is 1. The van der Waals surface area contributed by atoms with Crippen molar-refractivity contribution in [3.8, 4) is 0 Å². The van der Waals surface area contributed by atoms with Gasteiger partial charge < -0.3 is 18.9 Å². The number of amides is 1. The molecule has 0 N–H and O–H groups in total. The topological polar surface area (TPSA) is 73.7 Å². The van der Waals surface area contributed by atoms with Crippen LogP contribution in [0, 0.1) is 0 Å². The van der Waals surface area contributed by atoms with E-state index >= 15 is 0 Å². The maximum Gasteiger partial charge on any atom is 0.410 e. The molecule has 1 aromatic rings. The summed E-state index contributed by atoms with van der Waals surface area (Å²) >= 11 is 0. The number of piperidine rings is 1. The summed E-state index contributed by atoms with van der Waals surface area (Å²) in [6.45, 7) is 10.9. The summed E-state index contributed by atoms with van der Waals surface area (Å²) in [6, 6.07) is 1.07. The molecule has 0 aliphatic carbocycles. The zero-order chi connectivity index (χ0) is 19.2. The molecule has 0 bridgehead atoms. The van der Waals surface area contributed by atoms with Crippen LogP contribution in [0.25, 0.3) is 0 Å². The molecule has 0 saturated carbocycles. The largest absolute Gasteiger partial charge is 0.443 e. The van der Waals surface area contributed by atoms with Gasteiger partial charge in [0.2, 0.25) is 0 Å². The maximum absolute atomic E-state index is 12.1. The second-order valence-corrected chi connectivity index (χ2v) is 13.7. The van der Waals surface area contributed by atoms with Gasteiger partial charge in [0.15, 0.2) is 11.6 Å². The van der Waals surface area contributed by atoms with E-state index in [0.717, 1.165) is 38.4 Å². The maximum atomic E-state index is 12.1. The van der Waals surface area contributed by atoms with E-state index in [4.69, 9.17) is 9.47 Å². The van der Waals surface area contributed by atoms with Gasteiger partial charge >= 0.3 is 6.09 Å². The van der Waals surface area contributed by atoms with Crippen LogP contribution in [0.4, 0.5) is 4.79 Å². The molecule has 1 amide bonds. The fourth-order valence-corrected chi connectivity index (χ4v) is 3.52. The average Bonchev–Trinajstić information content (AvgIpc) is 3.00. The summed E-state index contributed by atoms with van der Waals surface area (Å²) in [5, 5.41) is 0. The van der Waals surface area contributed by atoms with Crippen molar-refractivity contribution in [3.05, 3.63) is 17.7 Å². The second-order valence-electron chi connectivity index (χ2n) is 8.03. The van der Waals surface area contributed by atoms with Gasteiger partial charge in [0.25, 0.3) is 0 Å². The Labute approximate surface area is 156 Å². The lowest BCUT2D eigenvalue weighted by Crippen LogP contribution is -2.35. The lowest BCUT2D eigenvalue weighted by atomic mass is 10.1. The molecule has 8 heteroatoms. The first-order valence-corrected chi connectivity index (χ1v) is 13.0. The van der Waals surface area contributed by atoms with Crippen LogP contribution in [-0.4, -0.2) is 54.1 Å². The zero-order valence-corrected chi connectivity index (χ0v) is 17.4. The number of ketones is 1. The predicted molar refractivity (Wildman–Crippen MR) is 102 cm³/mol. The van der Waals surface area contributed by atoms with Gasteiger partial charge in [-0.3, -0.25) is 4.79 Å². The van der Waals surface area contributed by atoms with E-state index in [1.54, 1.807) is 15.7 Å². The Morgan fingerprint density at radius 2 is 1.88 bits per heavy atom. The van der Waals surface area contributed by atoms with Crippen LogP contribution in [0.2, 0.25) is 25.7 Å². The number of Topliss-reactive ketones (excluding diaryl/α,β-unsaturated/α-hetero) is 1. The van der Waals surface area contributed by atoms with E-state index in [0.29, 0.717) is 18.1 Å². The second kappa shape index (κ2) is 9.32. The fraction of sp³-hybridized carbons (Fsp3) is 0.722. The standard InChI is InChI=1S/C18H31N3O4Si/c1-15(22)17-19-16(12-21(17)14-24-10-11-26(2,3)4)13-25-18(23)20-8-6-5-7-9-20/h12H,5-11,13-14H2,1-4H3. The summed E-state index contributed by atoms with van der Waals surface area (Å²) < 4.78 is 12.8. The van der Waals surface area contributed by atoms with Gasteiger partial charge in [0, 0.05) is 40.9 Å². The third kappa shape index (κ3) is 6.57. The van der Waals surface area contributed by atoms with Crippen molar-refractivity contribution >= 4 is 20.0 Å². The average molecular weight is 382 g/mol. The number of carbonyl (C=O) groups is 2. The molecule has 1 fully saturated rings. The smallest absolute Gasteiger partial charge is 0.410 e. The molecule has 1 aliphatic rings. The number of nitrogens with zero attached hydrogens (tertiary/aromatic N) is 3. The number of hydrogen-bond acceptors (Lipinski definition) is 5. The fourth-order valence-electron chi connectivity index (χ4n) is 2.76. The monoisotopic (exact) mass is 381 g/mol. The molecule has 26 heavy (non-hydrogen) atoms. The highest BCUT2D eigenvalue weighted by atomic mass is 28.3. The van der Waals surface area contributed by atoms with Crippen molar-refractivity contribution < 1.29 is 19.1 Å². The molecule has 146 valence electrons. The molecule has 7 nitrogen and oxygen atoms in total. The summed E-state index contributed by atoms with van der Waals surface area (Å²) in [7, 11) is -1.15. The number of carbonyl (C=O) groups excluding carboxylic acids is 2. The third-order valence-electron chi connectivity index (χ3n) is 4.33. The first-order valence-electron chi connectivity index (χ1n) is 9.33. The van der Waals surface area contributed by atoms with Gasteiger partial charge in [-0.05, 0) is 25.3 Å². The van der Waals surface area contributed by atoms with Crippen molar-refractivity contribution in [2.75, 3.05) is 19.7 Å². The summed E-state index contributed by atoms with van der Waals surface area (Å²) in [4.78, 5) is 29.9. The van der Waals surface area contributed by atoms with Gasteiger partial charge in [0.1, 0.15) is 13.3 Å². The predicted octanol–water partition coefficient (Wildman–Crippen LogP) is 3.52. The van der Waals surface area contributed by atoms with E-state index in [-0.39, 0.29) is 25.2 Å². The summed E-state index contributed by atoms with van der Waals surface area (Å²) in [6.07, 6.45) is 4.62. The number of ether oxygens (including phenoxy) is 2. The quantitative estimate of drug-likeness (QED) is 0.391. The lowest BCUT2D eigenvalue weighted by molar-refractivity contribution is 0.0801. The van der Waals surface area contributed by atoms with Crippen molar-refractivity contribution in [3.63, 3.8) is 0 Å². The normalized spacial score (nSPS) is 15.2. The molecule has 0 atom stereocenters. The van der Waals surface area contributed by atoms with E-state index in [9.17, 15) is 9.59 Å². The molecule has 1 aromatic heterocycles.